The minimum absolute atomic E-state index is 0.0979. The van der Waals surface area contributed by atoms with Crippen LogP contribution in [0.15, 0.2) is 36.4 Å². The fourth-order valence-electron chi connectivity index (χ4n) is 2.07. The number of nitrogens with two attached hydrogens (primary N) is 1. The molecule has 5 heteroatoms. The Morgan fingerprint density at radius 1 is 1.19 bits per heavy atom. The van der Waals surface area contributed by atoms with Gasteiger partial charge in [0.05, 0.1) is 5.69 Å². The fraction of sp³-hybridized carbons (Fsp3) is 0.188. The van der Waals surface area contributed by atoms with Crippen LogP contribution in [0.3, 0.4) is 0 Å². The van der Waals surface area contributed by atoms with Gasteiger partial charge in [0.15, 0.2) is 0 Å². The summed E-state index contributed by atoms with van der Waals surface area (Å²) >= 11 is 0. The number of nitrogen functional groups attached to an aromatic ring is 1. The number of benzene rings is 2. The van der Waals surface area contributed by atoms with Crippen molar-refractivity contribution in [1.82, 2.24) is 0 Å². The zero-order valence-corrected chi connectivity index (χ0v) is 11.9. The second-order valence-electron chi connectivity index (χ2n) is 4.67. The molecular weight excluding hydrogens is 274 g/mol. The summed E-state index contributed by atoms with van der Waals surface area (Å²) in [7, 11) is 0. The van der Waals surface area contributed by atoms with Gasteiger partial charge in [-0.25, -0.2) is 8.78 Å². The van der Waals surface area contributed by atoms with E-state index in [4.69, 9.17) is 5.73 Å². The molecule has 2 rings (SSSR count). The van der Waals surface area contributed by atoms with Crippen molar-refractivity contribution in [3.8, 4) is 0 Å². The van der Waals surface area contributed by atoms with Gasteiger partial charge in [-0.2, -0.15) is 0 Å². The van der Waals surface area contributed by atoms with Crippen LogP contribution in [0.4, 0.5) is 20.2 Å². The lowest BCUT2D eigenvalue weighted by molar-refractivity contribution is 0.0987. The van der Waals surface area contributed by atoms with Gasteiger partial charge in [0.2, 0.25) is 0 Å². The molecule has 2 aromatic carbocycles. The molecule has 0 bridgehead atoms. The highest BCUT2D eigenvalue weighted by molar-refractivity contribution is 6.06. The SMILES string of the molecule is CCN(C(=O)c1cc(N)c(C)c(F)c1)c1ccccc1F. The van der Waals surface area contributed by atoms with Crippen molar-refractivity contribution < 1.29 is 13.6 Å². The molecule has 0 radical (unpaired) electrons. The standard InChI is InChI=1S/C16H16F2N2O/c1-3-20(15-7-5-4-6-12(15)17)16(21)11-8-13(18)10(2)14(19)9-11/h4-9H,3,19H2,1-2H3. The van der Waals surface area contributed by atoms with Gasteiger partial charge in [0, 0.05) is 23.4 Å². The molecule has 0 saturated carbocycles. The van der Waals surface area contributed by atoms with E-state index in [0.717, 1.165) is 6.07 Å². The second kappa shape index (κ2) is 5.91. The number of anilines is 2. The van der Waals surface area contributed by atoms with Crippen molar-refractivity contribution in [2.45, 2.75) is 13.8 Å². The van der Waals surface area contributed by atoms with Crippen molar-refractivity contribution in [1.29, 1.82) is 0 Å². The van der Waals surface area contributed by atoms with Crippen LogP contribution in [0.2, 0.25) is 0 Å². The predicted molar refractivity (Wildman–Crippen MR) is 79.3 cm³/mol. The summed E-state index contributed by atoms with van der Waals surface area (Å²) in [5, 5.41) is 0. The number of nitrogens with zero attached hydrogens (tertiary/aromatic N) is 1. The Kier molecular flexibility index (Phi) is 4.21. The third-order valence-electron chi connectivity index (χ3n) is 3.34. The maximum absolute atomic E-state index is 13.8. The van der Waals surface area contributed by atoms with E-state index < -0.39 is 17.5 Å². The quantitative estimate of drug-likeness (QED) is 0.879. The van der Waals surface area contributed by atoms with Gasteiger partial charge < -0.3 is 10.6 Å². The smallest absolute Gasteiger partial charge is 0.258 e. The topological polar surface area (TPSA) is 46.3 Å². The zero-order valence-electron chi connectivity index (χ0n) is 11.9. The van der Waals surface area contributed by atoms with E-state index in [1.165, 1.54) is 30.0 Å². The molecule has 0 fully saturated rings. The lowest BCUT2D eigenvalue weighted by Crippen LogP contribution is -2.31. The lowest BCUT2D eigenvalue weighted by Gasteiger charge is -2.22. The molecule has 3 nitrogen and oxygen atoms in total. The first-order chi connectivity index (χ1) is 9.95. The van der Waals surface area contributed by atoms with Crippen molar-refractivity contribution in [2.75, 3.05) is 17.2 Å². The maximum atomic E-state index is 13.8. The third kappa shape index (κ3) is 2.86. The van der Waals surface area contributed by atoms with Crippen LogP contribution < -0.4 is 10.6 Å². The highest BCUT2D eigenvalue weighted by atomic mass is 19.1. The molecule has 0 spiro atoms. The molecule has 0 aliphatic heterocycles. The lowest BCUT2D eigenvalue weighted by atomic mass is 10.1. The Hall–Kier alpha value is -2.43. The molecule has 1 amide bonds. The number of para-hydroxylation sites is 1. The van der Waals surface area contributed by atoms with Crippen LogP contribution in [0.25, 0.3) is 0 Å². The van der Waals surface area contributed by atoms with Crippen molar-refractivity contribution in [3.05, 3.63) is 59.2 Å². The monoisotopic (exact) mass is 290 g/mol. The average Bonchev–Trinajstić information content (AvgIpc) is 2.46. The molecule has 0 heterocycles. The van der Waals surface area contributed by atoms with Gasteiger partial charge in [0.1, 0.15) is 11.6 Å². The predicted octanol–water partition coefficient (Wildman–Crippen LogP) is 3.52. The first kappa shape index (κ1) is 15.0. The normalized spacial score (nSPS) is 10.5. The van der Waals surface area contributed by atoms with Crippen molar-refractivity contribution in [3.63, 3.8) is 0 Å². The van der Waals surface area contributed by atoms with E-state index in [9.17, 15) is 13.6 Å². The third-order valence-corrected chi connectivity index (χ3v) is 3.34. The Balaban J connectivity index is 2.44. The Labute approximate surface area is 122 Å². The molecule has 2 N–H and O–H groups in total. The molecule has 0 atom stereocenters. The summed E-state index contributed by atoms with van der Waals surface area (Å²) in [6.45, 7) is 3.51. The highest BCUT2D eigenvalue weighted by Crippen LogP contribution is 2.23. The van der Waals surface area contributed by atoms with Crippen LogP contribution in [0.5, 0.6) is 0 Å². The molecular formula is C16H16F2N2O. The second-order valence-corrected chi connectivity index (χ2v) is 4.67. The van der Waals surface area contributed by atoms with Crippen LogP contribution in [-0.2, 0) is 0 Å². The first-order valence-corrected chi connectivity index (χ1v) is 6.57. The zero-order chi connectivity index (χ0) is 15.6. The molecule has 0 aliphatic rings. The minimum Gasteiger partial charge on any atom is -0.398 e. The van der Waals surface area contributed by atoms with Gasteiger partial charge >= 0.3 is 0 Å². The largest absolute Gasteiger partial charge is 0.398 e. The minimum atomic E-state index is -0.553. The first-order valence-electron chi connectivity index (χ1n) is 6.57. The summed E-state index contributed by atoms with van der Waals surface area (Å²) in [4.78, 5) is 13.7. The summed E-state index contributed by atoms with van der Waals surface area (Å²) in [5.41, 5.74) is 6.43. The van der Waals surface area contributed by atoms with Crippen molar-refractivity contribution >= 4 is 17.3 Å². The summed E-state index contributed by atoms with van der Waals surface area (Å²) < 4.78 is 27.6. The highest BCUT2D eigenvalue weighted by Gasteiger charge is 2.20. The Morgan fingerprint density at radius 2 is 1.86 bits per heavy atom. The molecule has 110 valence electrons. The van der Waals surface area contributed by atoms with Crippen LogP contribution >= 0.6 is 0 Å². The maximum Gasteiger partial charge on any atom is 0.258 e. The van der Waals surface area contributed by atoms with E-state index in [1.807, 2.05) is 0 Å². The summed E-state index contributed by atoms with van der Waals surface area (Å²) in [5.74, 6) is -1.55. The van der Waals surface area contributed by atoms with Gasteiger partial charge in [0.25, 0.3) is 5.91 Å². The summed E-state index contributed by atoms with van der Waals surface area (Å²) in [6.07, 6.45) is 0. The van der Waals surface area contributed by atoms with Gasteiger partial charge in [-0.3, -0.25) is 4.79 Å². The van der Waals surface area contributed by atoms with E-state index in [-0.39, 0.29) is 23.5 Å². The number of hydrogen-bond donors (Lipinski definition) is 1. The number of rotatable bonds is 3. The average molecular weight is 290 g/mol. The van der Waals surface area contributed by atoms with Crippen LogP contribution in [-0.4, -0.2) is 12.5 Å². The number of halogens is 2. The molecule has 21 heavy (non-hydrogen) atoms. The number of hydrogen-bond acceptors (Lipinski definition) is 2. The molecule has 0 aliphatic carbocycles. The number of carbonyl (C=O) groups is 1. The van der Waals surface area contributed by atoms with Gasteiger partial charge in [-0.1, -0.05) is 12.1 Å². The fourth-order valence-corrected chi connectivity index (χ4v) is 2.07. The molecule has 2 aromatic rings. The summed E-state index contributed by atoms with van der Waals surface area (Å²) in [6, 6.07) is 8.49. The van der Waals surface area contributed by atoms with E-state index in [0.29, 0.717) is 5.56 Å². The van der Waals surface area contributed by atoms with Gasteiger partial charge in [-0.05, 0) is 38.1 Å². The molecule has 0 unspecified atom stereocenters. The van der Waals surface area contributed by atoms with E-state index in [1.54, 1.807) is 19.1 Å². The number of amides is 1. The van der Waals surface area contributed by atoms with Crippen molar-refractivity contribution in [2.24, 2.45) is 0 Å². The van der Waals surface area contributed by atoms with Crippen LogP contribution in [0, 0.1) is 18.6 Å². The van der Waals surface area contributed by atoms with E-state index >= 15 is 0 Å². The molecule has 0 saturated heterocycles. The van der Waals surface area contributed by atoms with Gasteiger partial charge in [-0.15, -0.1) is 0 Å². The Morgan fingerprint density at radius 3 is 2.43 bits per heavy atom. The van der Waals surface area contributed by atoms with E-state index in [2.05, 4.69) is 0 Å². The number of carbonyl (C=O) groups excluding carboxylic acids is 1. The van der Waals surface area contributed by atoms with Crippen LogP contribution in [0.1, 0.15) is 22.8 Å². The Bertz CT molecular complexity index is 663. The molecule has 0 aromatic heterocycles.